The van der Waals surface area contributed by atoms with E-state index in [9.17, 15) is 4.39 Å². The fraction of sp³-hybridized carbons (Fsp3) is 0.625. The van der Waals surface area contributed by atoms with Gasteiger partial charge in [-0.1, -0.05) is 40.2 Å². The molecule has 1 heteroatoms. The molecule has 0 amide bonds. The Hall–Kier alpha value is -0.850. The van der Waals surface area contributed by atoms with E-state index in [2.05, 4.69) is 33.8 Å². The number of aryl methyl sites for hydroxylation is 1. The van der Waals surface area contributed by atoms with Crippen molar-refractivity contribution in [2.75, 3.05) is 0 Å². The molecule has 0 aromatic heterocycles. The van der Waals surface area contributed by atoms with Gasteiger partial charge in [-0.15, -0.1) is 0 Å². The SMILES string of the molecule is CC(C)CCCc1cc(F)cc(CC(C)C)c1. The topological polar surface area (TPSA) is 0 Å². The molecule has 0 aliphatic rings. The molecule has 0 spiro atoms. The van der Waals surface area contributed by atoms with Crippen molar-refractivity contribution in [3.8, 4) is 0 Å². The van der Waals surface area contributed by atoms with Crippen molar-refractivity contribution >= 4 is 0 Å². The van der Waals surface area contributed by atoms with Gasteiger partial charge in [0.05, 0.1) is 0 Å². The van der Waals surface area contributed by atoms with Crippen molar-refractivity contribution in [3.63, 3.8) is 0 Å². The first-order valence-electron chi connectivity index (χ1n) is 6.75. The Bertz CT molecular complexity index is 339. The van der Waals surface area contributed by atoms with Crippen LogP contribution in [0.5, 0.6) is 0 Å². The van der Waals surface area contributed by atoms with Gasteiger partial charge >= 0.3 is 0 Å². The highest BCUT2D eigenvalue weighted by atomic mass is 19.1. The Morgan fingerprint density at radius 2 is 1.59 bits per heavy atom. The van der Waals surface area contributed by atoms with E-state index in [0.29, 0.717) is 5.92 Å². The van der Waals surface area contributed by atoms with E-state index in [-0.39, 0.29) is 5.82 Å². The molecule has 96 valence electrons. The van der Waals surface area contributed by atoms with Gasteiger partial charge in [-0.2, -0.15) is 0 Å². The van der Waals surface area contributed by atoms with Crippen LogP contribution in [0.1, 0.15) is 51.7 Å². The van der Waals surface area contributed by atoms with Crippen LogP contribution in [0.2, 0.25) is 0 Å². The highest BCUT2D eigenvalue weighted by Crippen LogP contribution is 2.16. The standard InChI is InChI=1S/C16H25F/c1-12(2)6-5-7-14-9-15(8-13(3)4)11-16(17)10-14/h9-13H,5-8H2,1-4H3. The Labute approximate surface area is 105 Å². The minimum Gasteiger partial charge on any atom is -0.207 e. The Balaban J connectivity index is 2.62. The average Bonchev–Trinajstić information content (AvgIpc) is 2.14. The number of hydrogen-bond donors (Lipinski definition) is 0. The first-order chi connectivity index (χ1) is 7.97. The molecular weight excluding hydrogens is 211 g/mol. The molecule has 0 heterocycles. The molecule has 1 rings (SSSR count). The minimum atomic E-state index is -0.0808. The summed E-state index contributed by atoms with van der Waals surface area (Å²) < 4.78 is 13.5. The van der Waals surface area contributed by atoms with Gasteiger partial charge in [0.2, 0.25) is 0 Å². The van der Waals surface area contributed by atoms with Crippen molar-refractivity contribution in [2.45, 2.75) is 53.4 Å². The fourth-order valence-electron chi connectivity index (χ4n) is 2.17. The molecule has 1 aromatic rings. The predicted octanol–water partition coefficient (Wildman–Crippen LogP) is 5.00. The summed E-state index contributed by atoms with van der Waals surface area (Å²) in [6, 6.07) is 5.53. The molecule has 0 saturated carbocycles. The van der Waals surface area contributed by atoms with Crippen LogP contribution in [0.3, 0.4) is 0 Å². The van der Waals surface area contributed by atoms with Crippen molar-refractivity contribution in [1.29, 1.82) is 0 Å². The van der Waals surface area contributed by atoms with Gasteiger partial charge in [-0.25, -0.2) is 4.39 Å². The molecule has 17 heavy (non-hydrogen) atoms. The highest BCUT2D eigenvalue weighted by Gasteiger charge is 2.04. The average molecular weight is 236 g/mol. The van der Waals surface area contributed by atoms with E-state index in [1.165, 1.54) is 6.42 Å². The van der Waals surface area contributed by atoms with E-state index >= 15 is 0 Å². The summed E-state index contributed by atoms with van der Waals surface area (Å²) in [5.74, 6) is 1.24. The normalized spacial score (nSPS) is 11.5. The molecule has 0 aliphatic carbocycles. The van der Waals surface area contributed by atoms with Gasteiger partial charge in [0.1, 0.15) is 5.82 Å². The third-order valence-corrected chi connectivity index (χ3v) is 2.91. The molecule has 0 bridgehead atoms. The largest absolute Gasteiger partial charge is 0.207 e. The summed E-state index contributed by atoms with van der Waals surface area (Å²) in [6.07, 6.45) is 4.34. The van der Waals surface area contributed by atoms with Crippen molar-refractivity contribution in [3.05, 3.63) is 35.1 Å². The van der Waals surface area contributed by atoms with E-state index in [0.717, 1.165) is 36.3 Å². The smallest absolute Gasteiger partial charge is 0.123 e. The van der Waals surface area contributed by atoms with Crippen molar-refractivity contribution in [1.82, 2.24) is 0 Å². The number of rotatable bonds is 6. The second kappa shape index (κ2) is 6.78. The van der Waals surface area contributed by atoms with E-state index < -0.39 is 0 Å². The zero-order chi connectivity index (χ0) is 12.8. The molecule has 0 aliphatic heterocycles. The number of halogens is 1. The maximum absolute atomic E-state index is 13.5. The molecule has 1 aromatic carbocycles. The van der Waals surface area contributed by atoms with Crippen LogP contribution in [0.4, 0.5) is 4.39 Å². The summed E-state index contributed by atoms with van der Waals surface area (Å²) in [7, 11) is 0. The molecule has 0 radical (unpaired) electrons. The Morgan fingerprint density at radius 1 is 0.941 bits per heavy atom. The summed E-state index contributed by atoms with van der Waals surface area (Å²) in [6.45, 7) is 8.80. The van der Waals surface area contributed by atoms with Gasteiger partial charge in [-0.3, -0.25) is 0 Å². The Morgan fingerprint density at radius 3 is 2.18 bits per heavy atom. The van der Waals surface area contributed by atoms with E-state index in [1.807, 2.05) is 0 Å². The summed E-state index contributed by atoms with van der Waals surface area (Å²) in [4.78, 5) is 0. The molecule has 0 atom stereocenters. The summed E-state index contributed by atoms with van der Waals surface area (Å²) in [5, 5.41) is 0. The maximum atomic E-state index is 13.5. The van der Waals surface area contributed by atoms with Crippen molar-refractivity contribution < 1.29 is 4.39 Å². The fourth-order valence-corrected chi connectivity index (χ4v) is 2.17. The van der Waals surface area contributed by atoms with E-state index in [1.54, 1.807) is 12.1 Å². The zero-order valence-corrected chi connectivity index (χ0v) is 11.6. The van der Waals surface area contributed by atoms with Gasteiger partial charge in [0, 0.05) is 0 Å². The van der Waals surface area contributed by atoms with Crippen molar-refractivity contribution in [2.24, 2.45) is 11.8 Å². The summed E-state index contributed by atoms with van der Waals surface area (Å²) >= 11 is 0. The van der Waals surface area contributed by atoms with Gasteiger partial charge in [0.15, 0.2) is 0 Å². The number of benzene rings is 1. The van der Waals surface area contributed by atoms with Crippen LogP contribution in [0.15, 0.2) is 18.2 Å². The van der Waals surface area contributed by atoms with Crippen LogP contribution >= 0.6 is 0 Å². The minimum absolute atomic E-state index is 0.0808. The molecule has 0 N–H and O–H groups in total. The lowest BCUT2D eigenvalue weighted by Gasteiger charge is -2.09. The molecule has 0 saturated heterocycles. The first kappa shape index (κ1) is 14.2. The van der Waals surface area contributed by atoms with Gasteiger partial charge < -0.3 is 0 Å². The van der Waals surface area contributed by atoms with Crippen LogP contribution in [-0.2, 0) is 12.8 Å². The second-order valence-corrected chi connectivity index (χ2v) is 5.85. The zero-order valence-electron chi connectivity index (χ0n) is 11.6. The van der Waals surface area contributed by atoms with Crippen LogP contribution < -0.4 is 0 Å². The van der Waals surface area contributed by atoms with Gasteiger partial charge in [-0.05, 0) is 54.4 Å². The van der Waals surface area contributed by atoms with Crippen LogP contribution in [-0.4, -0.2) is 0 Å². The van der Waals surface area contributed by atoms with Crippen LogP contribution in [0.25, 0.3) is 0 Å². The monoisotopic (exact) mass is 236 g/mol. The quantitative estimate of drug-likeness (QED) is 0.652. The first-order valence-corrected chi connectivity index (χ1v) is 6.75. The Kier molecular flexibility index (Phi) is 5.67. The summed E-state index contributed by atoms with van der Waals surface area (Å²) in [5.41, 5.74) is 2.29. The third-order valence-electron chi connectivity index (χ3n) is 2.91. The second-order valence-electron chi connectivity index (χ2n) is 5.85. The molecule has 0 nitrogen and oxygen atoms in total. The van der Waals surface area contributed by atoms with E-state index in [4.69, 9.17) is 0 Å². The lowest BCUT2D eigenvalue weighted by atomic mass is 9.97. The van der Waals surface area contributed by atoms with Gasteiger partial charge in [0.25, 0.3) is 0 Å². The maximum Gasteiger partial charge on any atom is 0.123 e. The molecular formula is C16H25F. The molecule has 0 unspecified atom stereocenters. The van der Waals surface area contributed by atoms with Crippen LogP contribution in [0, 0.1) is 17.7 Å². The lowest BCUT2D eigenvalue weighted by Crippen LogP contribution is -1.98. The lowest BCUT2D eigenvalue weighted by molar-refractivity contribution is 0.553. The number of hydrogen-bond acceptors (Lipinski definition) is 0. The molecule has 0 fully saturated rings. The third kappa shape index (κ3) is 5.86. The highest BCUT2D eigenvalue weighted by molar-refractivity contribution is 5.25. The predicted molar refractivity (Wildman–Crippen MR) is 72.7 cm³/mol.